The summed E-state index contributed by atoms with van der Waals surface area (Å²) in [6, 6.07) is 0. The zero-order chi connectivity index (χ0) is 16.2. The molecule has 0 aromatic carbocycles. The van der Waals surface area contributed by atoms with Gasteiger partial charge in [-0.15, -0.1) is 41.9 Å². The topological polar surface area (TPSA) is 40.5 Å². The van der Waals surface area contributed by atoms with Gasteiger partial charge in [0.25, 0.3) is 0 Å². The van der Waals surface area contributed by atoms with Crippen LogP contribution < -0.4 is 5.32 Å². The lowest BCUT2D eigenvalue weighted by molar-refractivity contribution is 0.455. The highest BCUT2D eigenvalue weighted by Crippen LogP contribution is 2.08. The van der Waals surface area contributed by atoms with Crippen molar-refractivity contribution in [2.75, 3.05) is 26.7 Å². The number of hydrogen-bond acceptors (Lipinski definition) is 3. The maximum atomic E-state index is 4.71. The van der Waals surface area contributed by atoms with Crippen molar-refractivity contribution in [3.05, 3.63) is 28.7 Å². The van der Waals surface area contributed by atoms with Crippen molar-refractivity contribution in [2.45, 2.75) is 46.0 Å². The van der Waals surface area contributed by atoms with Gasteiger partial charge in [-0.3, -0.25) is 4.99 Å². The second-order valence-electron chi connectivity index (χ2n) is 5.40. The van der Waals surface area contributed by atoms with Crippen molar-refractivity contribution in [1.29, 1.82) is 0 Å². The number of halogens is 1. The molecule has 0 aliphatic heterocycles. The molecular formula is C17H31IN4S. The van der Waals surface area contributed by atoms with Crippen molar-refractivity contribution in [3.8, 4) is 0 Å². The number of aromatic nitrogens is 1. The summed E-state index contributed by atoms with van der Waals surface area (Å²) < 4.78 is 0. The zero-order valence-corrected chi connectivity index (χ0v) is 17.8. The molecule has 1 aromatic heterocycles. The number of allylic oxidation sites excluding steroid dienone is 1. The molecule has 0 bridgehead atoms. The first-order valence-electron chi connectivity index (χ1n) is 8.18. The molecule has 23 heavy (non-hydrogen) atoms. The van der Waals surface area contributed by atoms with Crippen molar-refractivity contribution in [1.82, 2.24) is 15.2 Å². The van der Waals surface area contributed by atoms with Gasteiger partial charge in [-0.1, -0.05) is 12.5 Å². The van der Waals surface area contributed by atoms with Crippen molar-refractivity contribution in [3.63, 3.8) is 0 Å². The smallest absolute Gasteiger partial charge is 0.193 e. The van der Waals surface area contributed by atoms with E-state index in [4.69, 9.17) is 4.99 Å². The first-order chi connectivity index (χ1) is 10.7. The fourth-order valence-corrected chi connectivity index (χ4v) is 2.84. The Morgan fingerprint density at radius 3 is 2.83 bits per heavy atom. The van der Waals surface area contributed by atoms with E-state index in [-0.39, 0.29) is 24.0 Å². The summed E-state index contributed by atoms with van der Waals surface area (Å²) in [5.41, 5.74) is 1.15. The van der Waals surface area contributed by atoms with Crippen LogP contribution in [-0.2, 0) is 6.42 Å². The molecule has 0 aliphatic rings. The van der Waals surface area contributed by atoms with E-state index in [1.807, 2.05) is 13.0 Å². The van der Waals surface area contributed by atoms with E-state index in [9.17, 15) is 0 Å². The van der Waals surface area contributed by atoms with Gasteiger partial charge in [0.05, 0.1) is 10.7 Å². The van der Waals surface area contributed by atoms with Gasteiger partial charge < -0.3 is 10.2 Å². The first-order valence-corrected chi connectivity index (χ1v) is 9.06. The fraction of sp³-hybridized carbons (Fsp3) is 0.647. The Bertz CT molecular complexity index is 459. The SMILES string of the molecule is C=CCCCCCN(C)C(=NCCc1csc(C)n1)NCC.I. The van der Waals surface area contributed by atoms with Gasteiger partial charge in [0.1, 0.15) is 0 Å². The van der Waals surface area contributed by atoms with Crippen molar-refractivity contribution >= 4 is 41.3 Å². The molecule has 0 saturated carbocycles. The van der Waals surface area contributed by atoms with E-state index < -0.39 is 0 Å². The number of nitrogens with zero attached hydrogens (tertiary/aromatic N) is 3. The van der Waals surface area contributed by atoms with Gasteiger partial charge in [-0.2, -0.15) is 0 Å². The van der Waals surface area contributed by atoms with E-state index in [2.05, 4.69) is 41.1 Å². The van der Waals surface area contributed by atoms with E-state index in [0.29, 0.717) is 0 Å². The van der Waals surface area contributed by atoms with Crippen LogP contribution in [0.5, 0.6) is 0 Å². The second kappa shape index (κ2) is 13.8. The molecule has 1 heterocycles. The zero-order valence-electron chi connectivity index (χ0n) is 14.7. The van der Waals surface area contributed by atoms with Crippen LogP contribution in [0, 0.1) is 6.92 Å². The highest BCUT2D eigenvalue weighted by molar-refractivity contribution is 14.0. The number of rotatable bonds is 10. The molecule has 0 unspecified atom stereocenters. The maximum absolute atomic E-state index is 4.71. The number of hydrogen-bond donors (Lipinski definition) is 1. The van der Waals surface area contributed by atoms with E-state index >= 15 is 0 Å². The minimum absolute atomic E-state index is 0. The second-order valence-corrected chi connectivity index (χ2v) is 6.47. The molecular weight excluding hydrogens is 419 g/mol. The van der Waals surface area contributed by atoms with Crippen molar-refractivity contribution < 1.29 is 0 Å². The molecule has 4 nitrogen and oxygen atoms in total. The fourth-order valence-electron chi connectivity index (χ4n) is 2.19. The van der Waals surface area contributed by atoms with E-state index in [1.165, 1.54) is 19.3 Å². The number of guanidine groups is 1. The summed E-state index contributed by atoms with van der Waals surface area (Å²) in [4.78, 5) is 11.4. The third kappa shape index (κ3) is 9.96. The summed E-state index contributed by atoms with van der Waals surface area (Å²) in [6.07, 6.45) is 7.69. The van der Waals surface area contributed by atoms with Gasteiger partial charge in [0.2, 0.25) is 0 Å². The minimum Gasteiger partial charge on any atom is -0.357 e. The lowest BCUT2D eigenvalue weighted by Crippen LogP contribution is -2.39. The monoisotopic (exact) mass is 450 g/mol. The summed E-state index contributed by atoms with van der Waals surface area (Å²) in [5.74, 6) is 0.998. The molecule has 132 valence electrons. The predicted octanol–water partition coefficient (Wildman–Crippen LogP) is 4.26. The molecule has 1 N–H and O–H groups in total. The Labute approximate surface area is 162 Å². The van der Waals surface area contributed by atoms with Crippen LogP contribution in [-0.4, -0.2) is 42.5 Å². The van der Waals surface area contributed by atoms with Crippen molar-refractivity contribution in [2.24, 2.45) is 4.99 Å². The number of nitrogens with one attached hydrogen (secondary N) is 1. The number of unbranched alkanes of at least 4 members (excludes halogenated alkanes) is 3. The predicted molar refractivity (Wildman–Crippen MR) is 113 cm³/mol. The summed E-state index contributed by atoms with van der Waals surface area (Å²) in [7, 11) is 2.11. The van der Waals surface area contributed by atoms with Crippen LogP contribution in [0.25, 0.3) is 0 Å². The third-order valence-corrected chi connectivity index (χ3v) is 4.22. The van der Waals surface area contributed by atoms with E-state index in [0.717, 1.165) is 49.1 Å². The molecule has 1 aromatic rings. The van der Waals surface area contributed by atoms with Crippen LogP contribution in [0.1, 0.15) is 43.3 Å². The van der Waals surface area contributed by atoms with Crippen LogP contribution in [0.15, 0.2) is 23.0 Å². The Kier molecular flexibility index (Phi) is 13.4. The largest absolute Gasteiger partial charge is 0.357 e. The van der Waals surface area contributed by atoms with Gasteiger partial charge in [-0.05, 0) is 33.1 Å². The Balaban J connectivity index is 0.00000484. The van der Waals surface area contributed by atoms with E-state index in [1.54, 1.807) is 11.3 Å². The van der Waals surface area contributed by atoms with Gasteiger partial charge in [0, 0.05) is 38.5 Å². The molecule has 0 saturated heterocycles. The van der Waals surface area contributed by atoms with Crippen LogP contribution in [0.4, 0.5) is 0 Å². The standard InChI is InChI=1S/C17H30N4S.HI/c1-5-7-8-9-10-13-21(4)17(18-6-2)19-12-11-16-14-22-15(3)20-16;/h5,14H,1,6-13H2,2-4H3,(H,18,19);1H. The Hall–Kier alpha value is -0.630. The number of aliphatic imine (C=N–C) groups is 1. The maximum Gasteiger partial charge on any atom is 0.193 e. The number of aryl methyl sites for hydroxylation is 1. The van der Waals surface area contributed by atoms with Crippen LogP contribution in [0.2, 0.25) is 0 Å². The molecule has 0 atom stereocenters. The molecule has 0 spiro atoms. The quantitative estimate of drug-likeness (QED) is 0.191. The molecule has 0 fully saturated rings. The normalized spacial score (nSPS) is 11.0. The minimum atomic E-state index is 0. The lowest BCUT2D eigenvalue weighted by Gasteiger charge is -2.22. The Morgan fingerprint density at radius 2 is 2.22 bits per heavy atom. The molecule has 0 aliphatic carbocycles. The highest BCUT2D eigenvalue weighted by atomic mass is 127. The summed E-state index contributed by atoms with van der Waals surface area (Å²) in [6.45, 7) is 10.6. The third-order valence-electron chi connectivity index (χ3n) is 3.39. The van der Waals surface area contributed by atoms with Crippen LogP contribution in [0.3, 0.4) is 0 Å². The number of thiazole rings is 1. The van der Waals surface area contributed by atoms with Gasteiger partial charge in [-0.25, -0.2) is 4.98 Å². The van der Waals surface area contributed by atoms with Gasteiger partial charge in [0.15, 0.2) is 5.96 Å². The summed E-state index contributed by atoms with van der Waals surface area (Å²) in [5, 5.41) is 6.62. The molecule has 0 amide bonds. The summed E-state index contributed by atoms with van der Waals surface area (Å²) >= 11 is 1.70. The average molecular weight is 450 g/mol. The lowest BCUT2D eigenvalue weighted by atomic mass is 10.2. The average Bonchev–Trinajstić information content (AvgIpc) is 2.91. The Morgan fingerprint density at radius 1 is 1.43 bits per heavy atom. The molecule has 1 rings (SSSR count). The molecule has 0 radical (unpaired) electrons. The molecule has 6 heteroatoms. The highest BCUT2D eigenvalue weighted by Gasteiger charge is 2.05. The van der Waals surface area contributed by atoms with Gasteiger partial charge >= 0.3 is 0 Å². The van der Waals surface area contributed by atoms with Crippen LogP contribution >= 0.6 is 35.3 Å². The first kappa shape index (κ1) is 22.4.